The van der Waals surface area contributed by atoms with Gasteiger partial charge in [0.2, 0.25) is 10.0 Å². The van der Waals surface area contributed by atoms with Crippen LogP contribution < -0.4 is 0 Å². The van der Waals surface area contributed by atoms with Crippen LogP contribution in [0, 0.1) is 5.82 Å². The molecule has 0 atom stereocenters. The highest BCUT2D eigenvalue weighted by Gasteiger charge is 2.23. The van der Waals surface area contributed by atoms with E-state index in [1.54, 1.807) is 6.07 Å². The van der Waals surface area contributed by atoms with Crippen LogP contribution in [0.3, 0.4) is 0 Å². The van der Waals surface area contributed by atoms with E-state index in [9.17, 15) is 12.8 Å². The van der Waals surface area contributed by atoms with Gasteiger partial charge in [0.25, 0.3) is 0 Å². The Morgan fingerprint density at radius 2 is 1.74 bits per heavy atom. The molecule has 4 rings (SSSR count). The van der Waals surface area contributed by atoms with Crippen LogP contribution >= 0.6 is 0 Å². The van der Waals surface area contributed by atoms with Gasteiger partial charge in [-0.25, -0.2) is 12.8 Å². The van der Waals surface area contributed by atoms with Gasteiger partial charge in [0.05, 0.1) is 12.8 Å². The molecular weight excluding hydrogens is 367 g/mol. The second-order valence-corrected chi connectivity index (χ2v) is 8.90. The lowest BCUT2D eigenvalue weighted by Crippen LogP contribution is -2.47. The summed E-state index contributed by atoms with van der Waals surface area (Å²) in [6.07, 6.45) is 1.25. The van der Waals surface area contributed by atoms with Crippen LogP contribution in [0.5, 0.6) is 0 Å². The average Bonchev–Trinajstić information content (AvgIpc) is 3.02. The van der Waals surface area contributed by atoms with E-state index in [4.69, 9.17) is 4.42 Å². The van der Waals surface area contributed by atoms with E-state index in [2.05, 4.69) is 4.90 Å². The van der Waals surface area contributed by atoms with Gasteiger partial charge < -0.3 is 4.42 Å². The summed E-state index contributed by atoms with van der Waals surface area (Å²) in [6, 6.07) is 14.4. The van der Waals surface area contributed by atoms with Crippen molar-refractivity contribution in [3.8, 4) is 11.1 Å². The summed E-state index contributed by atoms with van der Waals surface area (Å²) in [5.41, 5.74) is 2.56. The summed E-state index contributed by atoms with van der Waals surface area (Å²) >= 11 is 0. The zero-order valence-corrected chi connectivity index (χ0v) is 15.9. The molecule has 0 saturated carbocycles. The van der Waals surface area contributed by atoms with Gasteiger partial charge in [0.1, 0.15) is 17.2 Å². The third-order valence-corrected chi connectivity index (χ3v) is 6.21. The number of rotatable bonds is 4. The fourth-order valence-corrected chi connectivity index (χ4v) is 4.29. The predicted molar refractivity (Wildman–Crippen MR) is 103 cm³/mol. The van der Waals surface area contributed by atoms with E-state index in [1.165, 1.54) is 22.7 Å². The Balaban J connectivity index is 1.49. The second kappa shape index (κ2) is 7.07. The zero-order valence-electron chi connectivity index (χ0n) is 15.1. The minimum Gasteiger partial charge on any atom is -0.460 e. The highest BCUT2D eigenvalue weighted by atomic mass is 32.2. The molecule has 0 spiro atoms. The Morgan fingerprint density at radius 1 is 1.00 bits per heavy atom. The molecule has 142 valence electrons. The maximum atomic E-state index is 13.5. The number of furan rings is 1. The van der Waals surface area contributed by atoms with Crippen LogP contribution in [-0.2, 0) is 16.6 Å². The van der Waals surface area contributed by atoms with Crippen molar-refractivity contribution in [1.29, 1.82) is 0 Å². The molecule has 1 saturated heterocycles. The van der Waals surface area contributed by atoms with Crippen LogP contribution in [0.2, 0.25) is 0 Å². The molecule has 0 radical (unpaired) electrons. The molecule has 0 bridgehead atoms. The van der Waals surface area contributed by atoms with Crippen LogP contribution in [0.25, 0.3) is 22.1 Å². The summed E-state index contributed by atoms with van der Waals surface area (Å²) in [7, 11) is -3.12. The molecule has 1 aliphatic rings. The molecule has 0 unspecified atom stereocenters. The number of sulfonamides is 1. The highest BCUT2D eigenvalue weighted by Crippen LogP contribution is 2.27. The number of hydrogen-bond donors (Lipinski definition) is 0. The smallest absolute Gasteiger partial charge is 0.211 e. The molecule has 7 heteroatoms. The van der Waals surface area contributed by atoms with E-state index in [0.717, 1.165) is 27.9 Å². The maximum Gasteiger partial charge on any atom is 0.211 e. The third kappa shape index (κ3) is 4.05. The predicted octanol–water partition coefficient (Wildman–Crippen LogP) is 3.32. The molecule has 0 N–H and O–H groups in total. The quantitative estimate of drug-likeness (QED) is 0.688. The summed E-state index contributed by atoms with van der Waals surface area (Å²) in [6.45, 7) is 3.00. The van der Waals surface area contributed by atoms with Gasteiger partial charge in [-0.1, -0.05) is 18.2 Å². The van der Waals surface area contributed by atoms with E-state index in [-0.39, 0.29) is 5.82 Å². The average molecular weight is 388 g/mol. The topological polar surface area (TPSA) is 53.8 Å². The molecule has 3 aromatic rings. The van der Waals surface area contributed by atoms with Gasteiger partial charge in [-0.05, 0) is 41.5 Å². The van der Waals surface area contributed by atoms with Crippen molar-refractivity contribution >= 4 is 21.0 Å². The molecule has 2 aromatic carbocycles. The Bertz CT molecular complexity index is 1070. The Labute approximate surface area is 158 Å². The highest BCUT2D eigenvalue weighted by molar-refractivity contribution is 7.88. The first kappa shape index (κ1) is 18.2. The molecule has 2 heterocycles. The summed E-state index contributed by atoms with van der Waals surface area (Å²) < 4.78 is 44.1. The summed E-state index contributed by atoms with van der Waals surface area (Å²) in [5, 5.41) is 0.974. The number of halogens is 1. The van der Waals surface area contributed by atoms with Gasteiger partial charge in [-0.3, -0.25) is 4.90 Å². The molecule has 27 heavy (non-hydrogen) atoms. The number of hydrogen-bond acceptors (Lipinski definition) is 4. The van der Waals surface area contributed by atoms with Gasteiger partial charge in [0, 0.05) is 31.6 Å². The van der Waals surface area contributed by atoms with Crippen molar-refractivity contribution in [1.82, 2.24) is 9.21 Å². The van der Waals surface area contributed by atoms with E-state index in [1.807, 2.05) is 30.3 Å². The van der Waals surface area contributed by atoms with Crippen LogP contribution in [-0.4, -0.2) is 50.1 Å². The number of benzene rings is 2. The Hall–Kier alpha value is -2.22. The normalized spacial score (nSPS) is 16.8. The Kier molecular flexibility index (Phi) is 4.75. The fraction of sp³-hybridized carbons (Fsp3) is 0.300. The van der Waals surface area contributed by atoms with Crippen molar-refractivity contribution in [2.24, 2.45) is 0 Å². The Morgan fingerprint density at radius 3 is 2.44 bits per heavy atom. The standard InChI is InChI=1S/C20H21FN2O3S/c1-27(24,25)23-9-7-22(8-10-23)14-19-13-17-11-16(5-6-20(17)26-19)15-3-2-4-18(21)12-15/h2-6,11-13H,7-10,14H2,1H3. The number of nitrogens with zero attached hydrogens (tertiary/aromatic N) is 2. The first-order valence-corrected chi connectivity index (χ1v) is 10.7. The van der Waals surface area contributed by atoms with Crippen molar-refractivity contribution in [3.05, 3.63) is 60.1 Å². The van der Waals surface area contributed by atoms with Crippen molar-refractivity contribution in [2.75, 3.05) is 32.4 Å². The lowest BCUT2D eigenvalue weighted by Gasteiger charge is -2.32. The lowest BCUT2D eigenvalue weighted by molar-refractivity contribution is 0.172. The molecule has 0 aliphatic carbocycles. The largest absolute Gasteiger partial charge is 0.460 e. The minimum atomic E-state index is -3.12. The molecule has 1 aromatic heterocycles. The van der Waals surface area contributed by atoms with Gasteiger partial charge >= 0.3 is 0 Å². The summed E-state index contributed by atoms with van der Waals surface area (Å²) in [4.78, 5) is 2.19. The zero-order chi connectivity index (χ0) is 19.0. The van der Waals surface area contributed by atoms with Crippen molar-refractivity contribution < 1.29 is 17.2 Å². The second-order valence-electron chi connectivity index (χ2n) is 6.91. The van der Waals surface area contributed by atoms with Crippen molar-refractivity contribution in [2.45, 2.75) is 6.54 Å². The summed E-state index contributed by atoms with van der Waals surface area (Å²) in [5.74, 6) is 0.586. The first-order valence-electron chi connectivity index (χ1n) is 8.84. The van der Waals surface area contributed by atoms with Crippen LogP contribution in [0.4, 0.5) is 4.39 Å². The molecule has 1 aliphatic heterocycles. The fourth-order valence-electron chi connectivity index (χ4n) is 3.46. The van der Waals surface area contributed by atoms with Crippen LogP contribution in [0.1, 0.15) is 5.76 Å². The number of fused-ring (bicyclic) bond motifs is 1. The van der Waals surface area contributed by atoms with Crippen molar-refractivity contribution in [3.63, 3.8) is 0 Å². The third-order valence-electron chi connectivity index (χ3n) is 4.90. The molecule has 5 nitrogen and oxygen atoms in total. The van der Waals surface area contributed by atoms with Gasteiger partial charge in [-0.15, -0.1) is 0 Å². The molecule has 1 fully saturated rings. The SMILES string of the molecule is CS(=O)(=O)N1CCN(Cc2cc3cc(-c4cccc(F)c4)ccc3o2)CC1. The van der Waals surface area contributed by atoms with E-state index >= 15 is 0 Å². The minimum absolute atomic E-state index is 0.256. The van der Waals surface area contributed by atoms with Gasteiger partial charge in [0.15, 0.2) is 0 Å². The molecular formula is C20H21FN2O3S. The van der Waals surface area contributed by atoms with E-state index < -0.39 is 10.0 Å². The monoisotopic (exact) mass is 388 g/mol. The maximum absolute atomic E-state index is 13.5. The first-order chi connectivity index (χ1) is 12.9. The molecule has 0 amide bonds. The van der Waals surface area contributed by atoms with Gasteiger partial charge in [-0.2, -0.15) is 4.31 Å². The van der Waals surface area contributed by atoms with Crippen LogP contribution in [0.15, 0.2) is 52.9 Å². The lowest BCUT2D eigenvalue weighted by atomic mass is 10.0. The van der Waals surface area contributed by atoms with E-state index in [0.29, 0.717) is 32.7 Å². The number of piperazine rings is 1.